The molecule has 0 saturated carbocycles. The van der Waals surface area contributed by atoms with Crippen molar-refractivity contribution >= 4 is 5.91 Å². The topological polar surface area (TPSA) is 42.0 Å². The Balaban J connectivity index is 1.48. The third-order valence-corrected chi connectivity index (χ3v) is 7.00. The van der Waals surface area contributed by atoms with Gasteiger partial charge in [0.15, 0.2) is 0 Å². The van der Waals surface area contributed by atoms with Gasteiger partial charge in [0.2, 0.25) is 0 Å². The lowest BCUT2D eigenvalue weighted by molar-refractivity contribution is -0.137. The van der Waals surface area contributed by atoms with Crippen molar-refractivity contribution in [1.29, 1.82) is 0 Å². The summed E-state index contributed by atoms with van der Waals surface area (Å²) in [4.78, 5) is 17.3. The number of hydrogen-bond acceptors (Lipinski definition) is 4. The molecule has 35 heavy (non-hydrogen) atoms. The van der Waals surface area contributed by atoms with Gasteiger partial charge >= 0.3 is 6.18 Å². The molecule has 0 radical (unpaired) electrons. The number of alkyl halides is 3. The average Bonchev–Trinajstić information content (AvgIpc) is 2.85. The second-order valence-corrected chi connectivity index (χ2v) is 9.42. The molecular weight excluding hydrogens is 457 g/mol. The Morgan fingerprint density at radius 3 is 2.57 bits per heavy atom. The predicted octanol–water partition coefficient (Wildman–Crippen LogP) is 5.25. The number of fused-ring (bicyclic) bond motifs is 4. The zero-order valence-electron chi connectivity index (χ0n) is 20.1. The molecule has 2 aromatic carbocycles. The smallest absolute Gasteiger partial charge is 0.416 e. The van der Waals surface area contributed by atoms with E-state index in [1.165, 1.54) is 0 Å². The van der Waals surface area contributed by atoms with E-state index in [9.17, 15) is 18.0 Å². The number of methoxy groups -OCH3 is 1. The minimum absolute atomic E-state index is 0.0220. The maximum Gasteiger partial charge on any atom is 0.416 e. The van der Waals surface area contributed by atoms with Crippen LogP contribution in [-0.2, 0) is 17.5 Å². The SMILES string of the molecule is CO[C@H]1CCN2C[C@H]1CCCCN(Cc1ccc(C(F)(F)F)cc1)CCOc1cccc(c1)C2=O. The van der Waals surface area contributed by atoms with E-state index in [2.05, 4.69) is 4.90 Å². The highest BCUT2D eigenvalue weighted by atomic mass is 19.4. The Labute approximate surface area is 204 Å². The molecule has 1 fully saturated rings. The van der Waals surface area contributed by atoms with Gasteiger partial charge in [-0.25, -0.2) is 0 Å². The minimum atomic E-state index is -4.33. The highest BCUT2D eigenvalue weighted by molar-refractivity contribution is 5.94. The number of amides is 1. The summed E-state index contributed by atoms with van der Waals surface area (Å²) in [6, 6.07) is 12.7. The molecule has 0 N–H and O–H groups in total. The summed E-state index contributed by atoms with van der Waals surface area (Å²) in [6.45, 7) is 3.79. The molecular formula is C27H33F3N2O3. The molecule has 2 aliphatic heterocycles. The number of carbonyl (C=O) groups is 1. The van der Waals surface area contributed by atoms with Gasteiger partial charge in [-0.05, 0) is 61.7 Å². The monoisotopic (exact) mass is 490 g/mol. The van der Waals surface area contributed by atoms with Gasteiger partial charge in [-0.2, -0.15) is 13.2 Å². The van der Waals surface area contributed by atoms with Crippen LogP contribution < -0.4 is 4.74 Å². The summed E-state index contributed by atoms with van der Waals surface area (Å²) in [5.74, 6) is 0.947. The predicted molar refractivity (Wildman–Crippen MR) is 127 cm³/mol. The molecule has 0 spiro atoms. The average molecular weight is 491 g/mol. The van der Waals surface area contributed by atoms with Crippen molar-refractivity contribution in [3.63, 3.8) is 0 Å². The molecule has 2 aromatic rings. The number of hydrogen-bond donors (Lipinski definition) is 0. The van der Waals surface area contributed by atoms with Gasteiger partial charge in [0, 0.05) is 44.8 Å². The second-order valence-electron chi connectivity index (χ2n) is 9.42. The van der Waals surface area contributed by atoms with E-state index in [-0.39, 0.29) is 17.9 Å². The van der Waals surface area contributed by atoms with Gasteiger partial charge in [-0.3, -0.25) is 9.69 Å². The number of rotatable bonds is 3. The number of ether oxygens (including phenoxy) is 2. The summed E-state index contributed by atoms with van der Waals surface area (Å²) < 4.78 is 50.4. The van der Waals surface area contributed by atoms with Crippen molar-refractivity contribution in [1.82, 2.24) is 9.80 Å². The van der Waals surface area contributed by atoms with E-state index in [4.69, 9.17) is 9.47 Å². The van der Waals surface area contributed by atoms with Crippen LogP contribution in [-0.4, -0.2) is 61.7 Å². The lowest BCUT2D eigenvalue weighted by atomic mass is 9.89. The fourth-order valence-corrected chi connectivity index (χ4v) is 5.05. The van der Waals surface area contributed by atoms with E-state index in [1.54, 1.807) is 25.3 Å². The second kappa shape index (κ2) is 11.4. The molecule has 0 unspecified atom stereocenters. The molecule has 8 heteroatoms. The van der Waals surface area contributed by atoms with Crippen molar-refractivity contribution in [2.24, 2.45) is 5.92 Å². The zero-order chi connectivity index (χ0) is 24.8. The number of piperidine rings is 1. The first-order chi connectivity index (χ1) is 16.8. The van der Waals surface area contributed by atoms with Crippen LogP contribution in [0.5, 0.6) is 5.75 Å². The standard InChI is InChI=1S/C27H33F3N2O3/c1-34-25-12-14-32-19-22(25)5-2-3-13-31(18-20-8-10-23(11-9-20)27(28,29)30)15-16-35-24-7-4-6-21(17-24)26(32)33/h4,6-11,17,22,25H,2-3,5,12-16,18-19H2,1H3/t22-,25+/m1/s1. The number of carbonyl (C=O) groups excluding carboxylic acids is 1. The molecule has 190 valence electrons. The third-order valence-electron chi connectivity index (χ3n) is 7.00. The summed E-state index contributed by atoms with van der Waals surface area (Å²) in [5, 5.41) is 0. The van der Waals surface area contributed by atoms with Crippen LogP contribution in [0.3, 0.4) is 0 Å². The molecule has 2 atom stereocenters. The van der Waals surface area contributed by atoms with E-state index < -0.39 is 11.7 Å². The highest BCUT2D eigenvalue weighted by Gasteiger charge is 2.32. The highest BCUT2D eigenvalue weighted by Crippen LogP contribution is 2.30. The third kappa shape index (κ3) is 6.76. The molecule has 1 amide bonds. The molecule has 0 aliphatic carbocycles. The summed E-state index contributed by atoms with van der Waals surface area (Å²) in [7, 11) is 1.74. The molecule has 2 aliphatic rings. The van der Waals surface area contributed by atoms with Crippen molar-refractivity contribution in [3.05, 3.63) is 65.2 Å². The van der Waals surface area contributed by atoms with Crippen LogP contribution in [0.4, 0.5) is 13.2 Å². The lowest BCUT2D eigenvalue weighted by Gasteiger charge is -2.38. The number of halogens is 3. The van der Waals surface area contributed by atoms with Crippen LogP contribution in [0, 0.1) is 5.92 Å². The van der Waals surface area contributed by atoms with Gasteiger partial charge in [0.05, 0.1) is 11.7 Å². The molecule has 2 heterocycles. The van der Waals surface area contributed by atoms with Crippen LogP contribution in [0.1, 0.15) is 47.2 Å². The summed E-state index contributed by atoms with van der Waals surface area (Å²) in [6.07, 6.45) is -0.455. The van der Waals surface area contributed by atoms with Crippen LogP contribution in [0.2, 0.25) is 0 Å². The maximum absolute atomic E-state index is 13.1. The largest absolute Gasteiger partial charge is 0.492 e. The van der Waals surface area contributed by atoms with Crippen LogP contribution >= 0.6 is 0 Å². The molecule has 4 rings (SSSR count). The fraction of sp³-hybridized carbons (Fsp3) is 0.519. The molecule has 1 saturated heterocycles. The van der Waals surface area contributed by atoms with Gasteiger partial charge in [0.1, 0.15) is 12.4 Å². The zero-order valence-corrected chi connectivity index (χ0v) is 20.1. The summed E-state index contributed by atoms with van der Waals surface area (Å²) in [5.41, 5.74) is 0.824. The van der Waals surface area contributed by atoms with E-state index >= 15 is 0 Å². The first-order valence-electron chi connectivity index (χ1n) is 12.3. The minimum Gasteiger partial charge on any atom is -0.492 e. The van der Waals surface area contributed by atoms with Crippen molar-refractivity contribution in [3.8, 4) is 5.75 Å². The van der Waals surface area contributed by atoms with Crippen LogP contribution in [0.25, 0.3) is 0 Å². The van der Waals surface area contributed by atoms with Crippen molar-refractivity contribution in [2.45, 2.75) is 44.5 Å². The number of nitrogens with zero attached hydrogens (tertiary/aromatic N) is 2. The first kappa shape index (κ1) is 25.5. The van der Waals surface area contributed by atoms with Crippen molar-refractivity contribution in [2.75, 3.05) is 39.9 Å². The van der Waals surface area contributed by atoms with Gasteiger partial charge in [0.25, 0.3) is 5.91 Å². The molecule has 4 bridgehead atoms. The van der Waals surface area contributed by atoms with Crippen LogP contribution in [0.15, 0.2) is 48.5 Å². The van der Waals surface area contributed by atoms with Crippen molar-refractivity contribution < 1.29 is 27.4 Å². The van der Waals surface area contributed by atoms with E-state index in [1.807, 2.05) is 23.1 Å². The Bertz CT molecular complexity index is 980. The Hall–Kier alpha value is -2.58. The summed E-state index contributed by atoms with van der Waals surface area (Å²) >= 11 is 0. The Kier molecular flexibility index (Phi) is 8.34. The Morgan fingerprint density at radius 2 is 1.83 bits per heavy atom. The quantitative estimate of drug-likeness (QED) is 0.590. The van der Waals surface area contributed by atoms with E-state index in [0.717, 1.165) is 49.9 Å². The lowest BCUT2D eigenvalue weighted by Crippen LogP contribution is -2.46. The number of benzene rings is 2. The van der Waals surface area contributed by atoms with Gasteiger partial charge in [-0.1, -0.05) is 24.6 Å². The van der Waals surface area contributed by atoms with E-state index in [0.29, 0.717) is 44.1 Å². The molecule has 5 nitrogen and oxygen atoms in total. The maximum atomic E-state index is 13.1. The normalized spacial score (nSPS) is 22.7. The molecule has 0 aromatic heterocycles. The first-order valence-corrected chi connectivity index (χ1v) is 12.3. The Morgan fingerprint density at radius 1 is 1.03 bits per heavy atom. The van der Waals surface area contributed by atoms with Gasteiger partial charge < -0.3 is 14.4 Å². The van der Waals surface area contributed by atoms with Gasteiger partial charge in [-0.15, -0.1) is 0 Å². The fourth-order valence-electron chi connectivity index (χ4n) is 5.05.